The molecule has 18 heavy (non-hydrogen) atoms. The monoisotopic (exact) mass is 363 g/mol. The van der Waals surface area contributed by atoms with Crippen LogP contribution < -0.4 is 5.73 Å². The Labute approximate surface area is 124 Å². The fraction of sp³-hybridized carbons (Fsp3) is 0.462. The first-order valence-corrected chi connectivity index (χ1v) is 5.94. The number of benzene rings is 1. The van der Waals surface area contributed by atoms with Gasteiger partial charge in [-0.05, 0) is 37.0 Å². The van der Waals surface area contributed by atoms with Crippen LogP contribution in [-0.4, -0.2) is 30.5 Å². The highest BCUT2D eigenvalue weighted by molar-refractivity contribution is 14.0. The van der Waals surface area contributed by atoms with E-state index in [9.17, 15) is 4.39 Å². The SMILES string of the molecule is CN(C(N)=NCCc1ccc(F)cc1)C1CC1.I. The maximum atomic E-state index is 12.7. The zero-order chi connectivity index (χ0) is 12.3. The zero-order valence-corrected chi connectivity index (χ0v) is 12.8. The lowest BCUT2D eigenvalue weighted by atomic mass is 10.1. The molecule has 1 aliphatic rings. The summed E-state index contributed by atoms with van der Waals surface area (Å²) in [5.41, 5.74) is 6.94. The molecule has 0 amide bonds. The van der Waals surface area contributed by atoms with E-state index in [-0.39, 0.29) is 29.8 Å². The van der Waals surface area contributed by atoms with Crippen molar-refractivity contribution in [3.8, 4) is 0 Å². The number of halogens is 2. The van der Waals surface area contributed by atoms with Crippen molar-refractivity contribution in [2.45, 2.75) is 25.3 Å². The average Bonchev–Trinajstić information content (AvgIpc) is 3.14. The highest BCUT2D eigenvalue weighted by atomic mass is 127. The molecule has 0 spiro atoms. The molecule has 0 heterocycles. The molecule has 0 aliphatic heterocycles. The van der Waals surface area contributed by atoms with Crippen LogP contribution in [0, 0.1) is 5.82 Å². The van der Waals surface area contributed by atoms with E-state index < -0.39 is 0 Å². The predicted molar refractivity (Wildman–Crippen MR) is 82.8 cm³/mol. The van der Waals surface area contributed by atoms with Crippen LogP contribution in [0.1, 0.15) is 18.4 Å². The molecular weight excluding hydrogens is 344 g/mol. The molecule has 0 radical (unpaired) electrons. The van der Waals surface area contributed by atoms with Gasteiger partial charge >= 0.3 is 0 Å². The molecule has 1 aromatic rings. The van der Waals surface area contributed by atoms with Crippen LogP contribution in [0.2, 0.25) is 0 Å². The third-order valence-electron chi connectivity index (χ3n) is 3.04. The van der Waals surface area contributed by atoms with E-state index in [2.05, 4.69) is 4.99 Å². The maximum Gasteiger partial charge on any atom is 0.191 e. The molecule has 1 aromatic carbocycles. The summed E-state index contributed by atoms with van der Waals surface area (Å²) in [6, 6.07) is 7.10. The maximum absolute atomic E-state index is 12.7. The number of rotatable bonds is 4. The Morgan fingerprint density at radius 3 is 2.56 bits per heavy atom. The van der Waals surface area contributed by atoms with Gasteiger partial charge in [-0.1, -0.05) is 12.1 Å². The van der Waals surface area contributed by atoms with Crippen molar-refractivity contribution in [2.75, 3.05) is 13.6 Å². The smallest absolute Gasteiger partial charge is 0.191 e. The lowest BCUT2D eigenvalue weighted by molar-refractivity contribution is 0.487. The Balaban J connectivity index is 0.00000162. The van der Waals surface area contributed by atoms with Crippen molar-refractivity contribution in [1.82, 2.24) is 4.90 Å². The molecule has 1 fully saturated rings. The number of nitrogens with zero attached hydrogens (tertiary/aromatic N) is 2. The Hall–Kier alpha value is -0.850. The van der Waals surface area contributed by atoms with Crippen LogP contribution in [0.3, 0.4) is 0 Å². The standard InChI is InChI=1S/C13H18FN3.HI/c1-17(12-6-7-12)13(15)16-9-8-10-2-4-11(14)5-3-10;/h2-5,12H,6-9H2,1H3,(H2,15,16);1H. The third kappa shape index (κ3) is 4.44. The molecule has 1 aliphatic carbocycles. The first-order chi connectivity index (χ1) is 8.16. The molecule has 100 valence electrons. The van der Waals surface area contributed by atoms with Crippen LogP contribution in [0.5, 0.6) is 0 Å². The second-order valence-corrected chi connectivity index (χ2v) is 4.46. The summed E-state index contributed by atoms with van der Waals surface area (Å²) in [7, 11) is 1.98. The second kappa shape index (κ2) is 6.92. The normalized spacial score (nSPS) is 15.1. The highest BCUT2D eigenvalue weighted by Crippen LogP contribution is 2.24. The quantitative estimate of drug-likeness (QED) is 0.507. The molecule has 0 bridgehead atoms. The minimum atomic E-state index is -0.203. The van der Waals surface area contributed by atoms with E-state index in [0.717, 1.165) is 12.0 Å². The molecule has 1 saturated carbocycles. The zero-order valence-electron chi connectivity index (χ0n) is 10.5. The van der Waals surface area contributed by atoms with E-state index >= 15 is 0 Å². The summed E-state index contributed by atoms with van der Waals surface area (Å²) in [4.78, 5) is 6.36. The molecule has 0 unspecified atom stereocenters. The fourth-order valence-corrected chi connectivity index (χ4v) is 1.71. The summed E-state index contributed by atoms with van der Waals surface area (Å²) < 4.78 is 12.7. The van der Waals surface area contributed by atoms with Crippen molar-refractivity contribution in [3.63, 3.8) is 0 Å². The van der Waals surface area contributed by atoms with Gasteiger partial charge in [0.1, 0.15) is 5.82 Å². The highest BCUT2D eigenvalue weighted by Gasteiger charge is 2.27. The van der Waals surface area contributed by atoms with Crippen molar-refractivity contribution in [1.29, 1.82) is 0 Å². The number of nitrogens with two attached hydrogens (primary N) is 1. The summed E-state index contributed by atoms with van der Waals surface area (Å²) in [6.07, 6.45) is 3.22. The minimum absolute atomic E-state index is 0. The van der Waals surface area contributed by atoms with E-state index in [1.807, 2.05) is 11.9 Å². The largest absolute Gasteiger partial charge is 0.370 e. The molecule has 3 nitrogen and oxygen atoms in total. The molecule has 0 aromatic heterocycles. The van der Waals surface area contributed by atoms with Crippen molar-refractivity contribution in [2.24, 2.45) is 10.7 Å². The summed E-state index contributed by atoms with van der Waals surface area (Å²) in [6.45, 7) is 0.647. The molecule has 0 atom stereocenters. The van der Waals surface area contributed by atoms with Crippen LogP contribution in [0.4, 0.5) is 4.39 Å². The lowest BCUT2D eigenvalue weighted by Crippen LogP contribution is -2.35. The Morgan fingerprint density at radius 2 is 2.00 bits per heavy atom. The average molecular weight is 363 g/mol. The van der Waals surface area contributed by atoms with Crippen molar-refractivity contribution in [3.05, 3.63) is 35.6 Å². The number of aliphatic imine (C=N–C) groups is 1. The molecular formula is C13H19FIN3. The molecule has 5 heteroatoms. The molecule has 0 saturated heterocycles. The van der Waals surface area contributed by atoms with Crippen molar-refractivity contribution < 1.29 is 4.39 Å². The third-order valence-corrected chi connectivity index (χ3v) is 3.04. The van der Waals surface area contributed by atoms with Gasteiger partial charge in [0.15, 0.2) is 5.96 Å². The minimum Gasteiger partial charge on any atom is -0.370 e. The fourth-order valence-electron chi connectivity index (χ4n) is 1.71. The van der Waals surface area contributed by atoms with Gasteiger partial charge in [0.05, 0.1) is 0 Å². The Morgan fingerprint density at radius 1 is 1.39 bits per heavy atom. The van der Waals surface area contributed by atoms with E-state index in [1.54, 1.807) is 12.1 Å². The van der Waals surface area contributed by atoms with Gasteiger partial charge < -0.3 is 10.6 Å². The van der Waals surface area contributed by atoms with E-state index in [4.69, 9.17) is 5.73 Å². The summed E-state index contributed by atoms with van der Waals surface area (Å²) in [5, 5.41) is 0. The summed E-state index contributed by atoms with van der Waals surface area (Å²) in [5.74, 6) is 0.403. The van der Waals surface area contributed by atoms with Gasteiger partial charge in [-0.25, -0.2) is 4.39 Å². The van der Waals surface area contributed by atoms with Crippen LogP contribution >= 0.6 is 24.0 Å². The Bertz CT molecular complexity index is 401. The number of hydrogen-bond donors (Lipinski definition) is 1. The van der Waals surface area contributed by atoms with Gasteiger partial charge in [0, 0.05) is 19.6 Å². The lowest BCUT2D eigenvalue weighted by Gasteiger charge is -2.16. The van der Waals surface area contributed by atoms with Gasteiger partial charge in [0.25, 0.3) is 0 Å². The second-order valence-electron chi connectivity index (χ2n) is 4.46. The van der Waals surface area contributed by atoms with E-state index in [0.29, 0.717) is 18.5 Å². The van der Waals surface area contributed by atoms with Crippen LogP contribution in [0.15, 0.2) is 29.3 Å². The topological polar surface area (TPSA) is 41.6 Å². The summed E-state index contributed by atoms with van der Waals surface area (Å²) >= 11 is 0. The number of guanidine groups is 1. The molecule has 2 N–H and O–H groups in total. The van der Waals surface area contributed by atoms with Gasteiger partial charge in [-0.2, -0.15) is 0 Å². The number of hydrogen-bond acceptors (Lipinski definition) is 1. The van der Waals surface area contributed by atoms with Gasteiger partial charge in [-0.15, -0.1) is 24.0 Å². The Kier molecular flexibility index (Phi) is 5.84. The van der Waals surface area contributed by atoms with Crippen LogP contribution in [-0.2, 0) is 6.42 Å². The van der Waals surface area contributed by atoms with Crippen molar-refractivity contribution >= 4 is 29.9 Å². The van der Waals surface area contributed by atoms with Gasteiger partial charge in [-0.3, -0.25) is 4.99 Å². The van der Waals surface area contributed by atoms with Gasteiger partial charge in [0.2, 0.25) is 0 Å². The molecule has 2 rings (SSSR count). The first kappa shape index (κ1) is 15.2. The first-order valence-electron chi connectivity index (χ1n) is 5.94. The van der Waals surface area contributed by atoms with Crippen LogP contribution in [0.25, 0.3) is 0 Å². The predicted octanol–water partition coefficient (Wildman–Crippen LogP) is 2.40. The van der Waals surface area contributed by atoms with E-state index in [1.165, 1.54) is 25.0 Å².